The van der Waals surface area contributed by atoms with Gasteiger partial charge in [0.2, 0.25) is 5.95 Å². The van der Waals surface area contributed by atoms with E-state index < -0.39 is 0 Å². The monoisotopic (exact) mass is 458 g/mol. The van der Waals surface area contributed by atoms with E-state index in [0.717, 1.165) is 60.1 Å². The Kier molecular flexibility index (Phi) is 5.00. The zero-order chi connectivity index (χ0) is 22.4. The number of halogens is 1. The number of furan rings is 1. The summed E-state index contributed by atoms with van der Waals surface area (Å²) < 4.78 is 7.34. The molecule has 0 spiro atoms. The van der Waals surface area contributed by atoms with Crippen molar-refractivity contribution in [3.63, 3.8) is 0 Å². The Balaban J connectivity index is 1.43. The summed E-state index contributed by atoms with van der Waals surface area (Å²) in [5.41, 5.74) is 3.89. The Labute approximate surface area is 196 Å². The van der Waals surface area contributed by atoms with Crippen molar-refractivity contribution in [2.45, 2.75) is 19.5 Å². The first-order chi connectivity index (χ1) is 16.2. The van der Waals surface area contributed by atoms with E-state index in [4.69, 9.17) is 21.0 Å². The highest BCUT2D eigenvalue weighted by Crippen LogP contribution is 2.30. The molecule has 4 heterocycles. The van der Waals surface area contributed by atoms with Gasteiger partial charge in [-0.15, -0.1) is 10.2 Å². The molecule has 33 heavy (non-hydrogen) atoms. The quantitative estimate of drug-likeness (QED) is 0.381. The molecule has 3 aromatic heterocycles. The maximum Gasteiger partial charge on any atom is 0.213 e. The number of nitrogens with zero attached hydrogens (tertiary/aromatic N) is 6. The number of aromatic nitrogens is 4. The molecule has 0 aliphatic carbocycles. The molecule has 5 aromatic rings. The summed E-state index contributed by atoms with van der Waals surface area (Å²) in [6, 6.07) is 18.2. The molecule has 0 saturated carbocycles. The van der Waals surface area contributed by atoms with E-state index in [1.54, 1.807) is 6.26 Å². The fourth-order valence-corrected chi connectivity index (χ4v) is 4.72. The van der Waals surface area contributed by atoms with Crippen LogP contribution in [0.2, 0.25) is 5.02 Å². The first kappa shape index (κ1) is 20.2. The van der Waals surface area contributed by atoms with Gasteiger partial charge in [-0.1, -0.05) is 23.7 Å². The molecule has 0 unspecified atom stereocenters. The van der Waals surface area contributed by atoms with E-state index in [-0.39, 0.29) is 0 Å². The summed E-state index contributed by atoms with van der Waals surface area (Å²) in [4.78, 5) is 9.91. The van der Waals surface area contributed by atoms with Gasteiger partial charge in [0, 0.05) is 53.8 Å². The summed E-state index contributed by atoms with van der Waals surface area (Å²) in [5, 5.41) is 10.8. The number of hydrogen-bond acceptors (Lipinski definition) is 6. The van der Waals surface area contributed by atoms with Crippen molar-refractivity contribution in [2.75, 3.05) is 24.5 Å². The maximum atomic E-state index is 6.13. The maximum absolute atomic E-state index is 6.13. The second-order valence-electron chi connectivity index (χ2n) is 8.52. The summed E-state index contributed by atoms with van der Waals surface area (Å²) >= 11 is 6.13. The molecular formula is C25H23ClN6O. The Bertz CT molecular complexity index is 1410. The minimum Gasteiger partial charge on any atom is -0.472 e. The number of benzene rings is 2. The van der Waals surface area contributed by atoms with Crippen LogP contribution in [0.1, 0.15) is 12.5 Å². The van der Waals surface area contributed by atoms with Crippen LogP contribution >= 0.6 is 11.6 Å². The van der Waals surface area contributed by atoms with E-state index in [2.05, 4.69) is 31.3 Å². The topological polar surface area (TPSA) is 62.7 Å². The van der Waals surface area contributed by atoms with Gasteiger partial charge in [0.15, 0.2) is 11.5 Å². The van der Waals surface area contributed by atoms with Crippen molar-refractivity contribution in [1.29, 1.82) is 0 Å². The zero-order valence-electron chi connectivity index (χ0n) is 18.2. The summed E-state index contributed by atoms with van der Waals surface area (Å²) in [7, 11) is 0. The van der Waals surface area contributed by atoms with Crippen LogP contribution in [0.4, 0.5) is 5.95 Å². The predicted molar refractivity (Wildman–Crippen MR) is 130 cm³/mol. The van der Waals surface area contributed by atoms with Crippen LogP contribution in [0.5, 0.6) is 0 Å². The van der Waals surface area contributed by atoms with E-state index in [9.17, 15) is 0 Å². The highest BCUT2D eigenvalue weighted by Gasteiger charge is 2.28. The summed E-state index contributed by atoms with van der Waals surface area (Å²) in [6.07, 6.45) is 3.55. The lowest BCUT2D eigenvalue weighted by Crippen LogP contribution is -2.52. The third kappa shape index (κ3) is 3.63. The molecule has 8 heteroatoms. The summed E-state index contributed by atoms with van der Waals surface area (Å²) in [6.45, 7) is 5.80. The smallest absolute Gasteiger partial charge is 0.213 e. The van der Waals surface area contributed by atoms with Gasteiger partial charge in [0.1, 0.15) is 0 Å². The van der Waals surface area contributed by atoms with Gasteiger partial charge in [0.05, 0.1) is 18.0 Å². The normalized spacial score (nSPS) is 17.3. The average molecular weight is 459 g/mol. The number of anilines is 1. The molecule has 0 radical (unpaired) electrons. The standard InChI is InChI=1S/C25H23ClN6O/c1-17-14-31(12-11-30(17)15-18-10-13-33-16-18)25-27-22-5-3-2-4-21(22)24-29-28-23(32(24)25)19-6-8-20(26)9-7-19/h2-10,13,16-17H,11-12,14-15H2,1H3/t17-/m1/s1. The van der Waals surface area contributed by atoms with Crippen LogP contribution in [-0.4, -0.2) is 50.2 Å². The van der Waals surface area contributed by atoms with Crippen molar-refractivity contribution in [2.24, 2.45) is 0 Å². The lowest BCUT2D eigenvalue weighted by Gasteiger charge is -2.40. The fourth-order valence-electron chi connectivity index (χ4n) is 4.59. The third-order valence-electron chi connectivity index (χ3n) is 6.34. The molecule has 1 aliphatic rings. The Morgan fingerprint density at radius 3 is 2.67 bits per heavy atom. The van der Waals surface area contributed by atoms with Crippen molar-refractivity contribution in [1.82, 2.24) is 24.5 Å². The van der Waals surface area contributed by atoms with E-state index in [1.165, 1.54) is 5.56 Å². The predicted octanol–water partition coefficient (Wildman–Crippen LogP) is 4.90. The molecule has 1 saturated heterocycles. The van der Waals surface area contributed by atoms with Gasteiger partial charge in [0.25, 0.3) is 0 Å². The third-order valence-corrected chi connectivity index (χ3v) is 6.60. The second-order valence-corrected chi connectivity index (χ2v) is 8.95. The van der Waals surface area contributed by atoms with Crippen LogP contribution in [-0.2, 0) is 6.54 Å². The number of piperazine rings is 1. The molecule has 0 amide bonds. The van der Waals surface area contributed by atoms with Gasteiger partial charge in [-0.05, 0) is 49.4 Å². The van der Waals surface area contributed by atoms with Gasteiger partial charge in [-0.25, -0.2) is 9.38 Å². The van der Waals surface area contributed by atoms with Crippen molar-refractivity contribution in [3.05, 3.63) is 77.7 Å². The minimum absolute atomic E-state index is 0.354. The number of rotatable bonds is 4. The van der Waals surface area contributed by atoms with Crippen LogP contribution in [0.25, 0.3) is 27.9 Å². The molecule has 0 N–H and O–H groups in total. The number of para-hydroxylation sites is 1. The zero-order valence-corrected chi connectivity index (χ0v) is 19.0. The Morgan fingerprint density at radius 1 is 1.03 bits per heavy atom. The van der Waals surface area contributed by atoms with Crippen molar-refractivity contribution >= 4 is 34.1 Å². The molecule has 166 valence electrons. The van der Waals surface area contributed by atoms with Gasteiger partial charge in [-0.3, -0.25) is 4.90 Å². The molecule has 1 fully saturated rings. The highest BCUT2D eigenvalue weighted by atomic mass is 35.5. The fraction of sp³-hybridized carbons (Fsp3) is 0.240. The first-order valence-electron chi connectivity index (χ1n) is 11.1. The van der Waals surface area contributed by atoms with E-state index in [1.807, 2.05) is 60.9 Å². The first-order valence-corrected chi connectivity index (χ1v) is 11.4. The van der Waals surface area contributed by atoms with Gasteiger partial charge in [-0.2, -0.15) is 0 Å². The van der Waals surface area contributed by atoms with Gasteiger partial charge < -0.3 is 9.32 Å². The van der Waals surface area contributed by atoms with Gasteiger partial charge >= 0.3 is 0 Å². The Hall–Kier alpha value is -3.42. The molecule has 2 aromatic carbocycles. The molecule has 1 aliphatic heterocycles. The van der Waals surface area contributed by atoms with Crippen LogP contribution in [0.3, 0.4) is 0 Å². The van der Waals surface area contributed by atoms with Crippen LogP contribution in [0.15, 0.2) is 71.5 Å². The molecule has 6 rings (SSSR count). The second kappa shape index (κ2) is 8.17. The molecule has 0 bridgehead atoms. The lowest BCUT2D eigenvalue weighted by molar-refractivity contribution is 0.179. The largest absolute Gasteiger partial charge is 0.472 e. The van der Waals surface area contributed by atoms with E-state index >= 15 is 0 Å². The molecular weight excluding hydrogens is 436 g/mol. The molecule has 7 nitrogen and oxygen atoms in total. The lowest BCUT2D eigenvalue weighted by atomic mass is 10.1. The van der Waals surface area contributed by atoms with Crippen LogP contribution < -0.4 is 4.90 Å². The van der Waals surface area contributed by atoms with Crippen LogP contribution in [0, 0.1) is 0 Å². The van der Waals surface area contributed by atoms with Crippen molar-refractivity contribution < 1.29 is 4.42 Å². The SMILES string of the molecule is C[C@@H]1CN(c2nc3ccccc3c3nnc(-c4ccc(Cl)cc4)n23)CCN1Cc1ccoc1. The summed E-state index contributed by atoms with van der Waals surface area (Å²) in [5.74, 6) is 1.64. The highest BCUT2D eigenvalue weighted by molar-refractivity contribution is 6.30. The number of fused-ring (bicyclic) bond motifs is 3. The number of hydrogen-bond donors (Lipinski definition) is 0. The molecule has 1 atom stereocenters. The minimum atomic E-state index is 0.354. The Morgan fingerprint density at radius 2 is 1.88 bits per heavy atom. The van der Waals surface area contributed by atoms with Crippen molar-refractivity contribution in [3.8, 4) is 11.4 Å². The average Bonchev–Trinajstić information content (AvgIpc) is 3.51. The van der Waals surface area contributed by atoms with E-state index in [0.29, 0.717) is 11.1 Å².